The molecule has 0 N–H and O–H groups in total. The summed E-state index contributed by atoms with van der Waals surface area (Å²) in [5.41, 5.74) is 0.339. The van der Waals surface area contributed by atoms with Gasteiger partial charge in [-0.3, -0.25) is 4.79 Å². The maximum absolute atomic E-state index is 11.5. The molecule has 1 saturated heterocycles. The van der Waals surface area contributed by atoms with Crippen molar-refractivity contribution < 1.29 is 9.53 Å². The number of carbonyl (C=O) groups is 1. The van der Waals surface area contributed by atoms with Gasteiger partial charge in [0.25, 0.3) is 0 Å². The van der Waals surface area contributed by atoms with E-state index in [1.165, 1.54) is 12.8 Å². The zero-order valence-electron chi connectivity index (χ0n) is 9.66. The highest BCUT2D eigenvalue weighted by Crippen LogP contribution is 2.64. The fourth-order valence-electron chi connectivity index (χ4n) is 4.59. The third-order valence-electron chi connectivity index (χ3n) is 5.58. The summed E-state index contributed by atoms with van der Waals surface area (Å²) in [6.07, 6.45) is 4.48. The van der Waals surface area contributed by atoms with Crippen LogP contribution in [0.2, 0.25) is 0 Å². The lowest BCUT2D eigenvalue weighted by Crippen LogP contribution is -2.41. The third-order valence-corrected chi connectivity index (χ3v) is 5.58. The number of esters is 1. The first-order valence-electron chi connectivity index (χ1n) is 6.28. The number of cyclic esters (lactones) is 1. The molecule has 1 heterocycles. The van der Waals surface area contributed by atoms with Crippen molar-refractivity contribution in [2.45, 2.75) is 39.5 Å². The van der Waals surface area contributed by atoms with Crippen molar-refractivity contribution in [3.63, 3.8) is 0 Å². The van der Waals surface area contributed by atoms with Crippen molar-refractivity contribution in [3.8, 4) is 0 Å². The fraction of sp³-hybridized carbons (Fsp3) is 0.923. The van der Waals surface area contributed by atoms with Crippen LogP contribution in [0.3, 0.4) is 0 Å². The van der Waals surface area contributed by atoms with Crippen molar-refractivity contribution in [1.29, 1.82) is 0 Å². The van der Waals surface area contributed by atoms with Gasteiger partial charge in [-0.2, -0.15) is 0 Å². The summed E-state index contributed by atoms with van der Waals surface area (Å²) < 4.78 is 5.10. The molecule has 0 radical (unpaired) electrons. The van der Waals surface area contributed by atoms with Gasteiger partial charge in [0, 0.05) is 0 Å². The van der Waals surface area contributed by atoms with Crippen LogP contribution in [0, 0.1) is 29.1 Å². The Balaban J connectivity index is 1.87. The molecule has 3 rings (SSSR count). The van der Waals surface area contributed by atoms with E-state index in [4.69, 9.17) is 4.74 Å². The Morgan fingerprint density at radius 2 is 2.13 bits per heavy atom. The summed E-state index contributed by atoms with van der Waals surface area (Å²) in [6, 6.07) is 0. The van der Waals surface area contributed by atoms with Crippen molar-refractivity contribution in [3.05, 3.63) is 0 Å². The lowest BCUT2D eigenvalue weighted by molar-refractivity contribution is -0.157. The SMILES string of the molecule is CC1C2CC(C1C)C1(CCOC(=O)C1)C2. The normalized spacial score (nSPS) is 53.6. The molecule has 2 aliphatic carbocycles. The molecule has 0 aromatic carbocycles. The lowest BCUT2D eigenvalue weighted by atomic mass is 9.62. The number of fused-ring (bicyclic) bond motifs is 3. The van der Waals surface area contributed by atoms with Crippen molar-refractivity contribution in [1.82, 2.24) is 0 Å². The van der Waals surface area contributed by atoms with Gasteiger partial charge in [0.2, 0.25) is 0 Å². The molecular formula is C13H20O2. The van der Waals surface area contributed by atoms with Crippen molar-refractivity contribution in [2.24, 2.45) is 29.1 Å². The van der Waals surface area contributed by atoms with Gasteiger partial charge in [-0.05, 0) is 48.3 Å². The van der Waals surface area contributed by atoms with E-state index in [2.05, 4.69) is 13.8 Å². The second kappa shape index (κ2) is 2.99. The molecule has 2 heteroatoms. The summed E-state index contributed by atoms with van der Waals surface area (Å²) in [6.45, 7) is 5.45. The average molecular weight is 208 g/mol. The topological polar surface area (TPSA) is 26.3 Å². The van der Waals surface area contributed by atoms with Crippen LogP contribution in [0.15, 0.2) is 0 Å². The largest absolute Gasteiger partial charge is 0.466 e. The highest BCUT2D eigenvalue weighted by molar-refractivity contribution is 5.71. The van der Waals surface area contributed by atoms with E-state index in [0.717, 1.165) is 30.1 Å². The van der Waals surface area contributed by atoms with Gasteiger partial charge in [0.15, 0.2) is 0 Å². The van der Waals surface area contributed by atoms with Crippen LogP contribution in [0.5, 0.6) is 0 Å². The van der Waals surface area contributed by atoms with E-state index in [0.29, 0.717) is 18.4 Å². The average Bonchev–Trinajstić information content (AvgIpc) is 2.66. The highest BCUT2D eigenvalue weighted by atomic mass is 16.5. The molecular weight excluding hydrogens is 188 g/mol. The molecule has 2 saturated carbocycles. The Hall–Kier alpha value is -0.530. The third kappa shape index (κ3) is 1.20. The minimum Gasteiger partial charge on any atom is -0.466 e. The highest BCUT2D eigenvalue weighted by Gasteiger charge is 2.58. The van der Waals surface area contributed by atoms with Gasteiger partial charge in [-0.15, -0.1) is 0 Å². The predicted molar refractivity (Wildman–Crippen MR) is 57.2 cm³/mol. The monoisotopic (exact) mass is 208 g/mol. The summed E-state index contributed by atoms with van der Waals surface area (Å²) in [5, 5.41) is 0. The maximum atomic E-state index is 11.5. The molecule has 2 nitrogen and oxygen atoms in total. The zero-order chi connectivity index (χ0) is 10.6. The molecule has 0 amide bonds. The molecule has 84 valence electrons. The van der Waals surface area contributed by atoms with Gasteiger partial charge in [0.1, 0.15) is 0 Å². The molecule has 0 aromatic heterocycles. The minimum atomic E-state index is 0.0497. The number of rotatable bonds is 0. The molecule has 2 bridgehead atoms. The lowest BCUT2D eigenvalue weighted by Gasteiger charge is -2.44. The summed E-state index contributed by atoms with van der Waals surface area (Å²) in [4.78, 5) is 11.5. The first-order chi connectivity index (χ1) is 7.12. The zero-order valence-corrected chi connectivity index (χ0v) is 9.66. The molecule has 3 aliphatic rings. The molecule has 1 spiro atoms. The summed E-state index contributed by atoms with van der Waals surface area (Å²) >= 11 is 0. The second-order valence-corrected chi connectivity index (χ2v) is 6.03. The van der Waals surface area contributed by atoms with Gasteiger partial charge in [-0.1, -0.05) is 13.8 Å². The van der Waals surface area contributed by atoms with E-state index in [-0.39, 0.29) is 5.97 Å². The fourth-order valence-corrected chi connectivity index (χ4v) is 4.59. The molecule has 0 aromatic rings. The summed E-state index contributed by atoms with van der Waals surface area (Å²) in [5.74, 6) is 3.42. The van der Waals surface area contributed by atoms with Crippen LogP contribution in [0.4, 0.5) is 0 Å². The van der Waals surface area contributed by atoms with Crippen LogP contribution in [0.25, 0.3) is 0 Å². The first-order valence-corrected chi connectivity index (χ1v) is 6.28. The second-order valence-electron chi connectivity index (χ2n) is 6.03. The quantitative estimate of drug-likeness (QED) is 0.572. The van der Waals surface area contributed by atoms with E-state index >= 15 is 0 Å². The Labute approximate surface area is 91.4 Å². The van der Waals surface area contributed by atoms with E-state index in [9.17, 15) is 4.79 Å². The van der Waals surface area contributed by atoms with Gasteiger partial charge < -0.3 is 4.74 Å². The first kappa shape index (κ1) is 9.68. The van der Waals surface area contributed by atoms with Gasteiger partial charge in [-0.25, -0.2) is 0 Å². The van der Waals surface area contributed by atoms with Gasteiger partial charge >= 0.3 is 5.97 Å². The maximum Gasteiger partial charge on any atom is 0.306 e. The van der Waals surface area contributed by atoms with Crippen molar-refractivity contribution >= 4 is 5.97 Å². The Morgan fingerprint density at radius 3 is 2.73 bits per heavy atom. The van der Waals surface area contributed by atoms with Gasteiger partial charge in [0.05, 0.1) is 13.0 Å². The number of hydrogen-bond donors (Lipinski definition) is 0. The number of carbonyl (C=O) groups excluding carboxylic acids is 1. The van der Waals surface area contributed by atoms with E-state index in [1.807, 2.05) is 0 Å². The van der Waals surface area contributed by atoms with Crippen LogP contribution < -0.4 is 0 Å². The standard InChI is InChI=1S/C13H20O2/c1-8-9(2)11-5-10(8)6-13(11)3-4-15-12(14)7-13/h8-11H,3-7H2,1-2H3. The van der Waals surface area contributed by atoms with Crippen molar-refractivity contribution in [2.75, 3.05) is 6.61 Å². The molecule has 1 aliphatic heterocycles. The van der Waals surface area contributed by atoms with Crippen LogP contribution in [-0.4, -0.2) is 12.6 Å². The Kier molecular flexibility index (Phi) is 1.93. The van der Waals surface area contributed by atoms with E-state index < -0.39 is 0 Å². The van der Waals surface area contributed by atoms with Crippen LogP contribution >= 0.6 is 0 Å². The molecule has 15 heavy (non-hydrogen) atoms. The number of ether oxygens (including phenoxy) is 1. The predicted octanol–water partition coefficient (Wildman–Crippen LogP) is 2.62. The molecule has 3 fully saturated rings. The Morgan fingerprint density at radius 1 is 1.33 bits per heavy atom. The number of hydrogen-bond acceptors (Lipinski definition) is 2. The minimum absolute atomic E-state index is 0.0497. The molecule has 5 unspecified atom stereocenters. The summed E-state index contributed by atoms with van der Waals surface area (Å²) in [7, 11) is 0. The van der Waals surface area contributed by atoms with Crippen LogP contribution in [0.1, 0.15) is 39.5 Å². The Bertz CT molecular complexity index is 297. The van der Waals surface area contributed by atoms with E-state index in [1.54, 1.807) is 0 Å². The van der Waals surface area contributed by atoms with Crippen LogP contribution in [-0.2, 0) is 9.53 Å². The smallest absolute Gasteiger partial charge is 0.306 e. The molecule has 5 atom stereocenters.